The van der Waals surface area contributed by atoms with E-state index < -0.39 is 0 Å². The van der Waals surface area contributed by atoms with E-state index in [-0.39, 0.29) is 24.5 Å². The van der Waals surface area contributed by atoms with E-state index in [0.29, 0.717) is 18.8 Å². The maximum atomic E-state index is 12.1. The summed E-state index contributed by atoms with van der Waals surface area (Å²) >= 11 is 1.42. The normalized spacial score (nSPS) is 16.4. The minimum atomic E-state index is -0.105. The number of rotatable bonds is 4. The van der Waals surface area contributed by atoms with E-state index >= 15 is 0 Å². The Kier molecular flexibility index (Phi) is 4.86. The van der Waals surface area contributed by atoms with Crippen molar-refractivity contribution in [3.05, 3.63) is 16.6 Å². The molecule has 0 atom stereocenters. The maximum Gasteiger partial charge on any atom is 0.273 e. The van der Waals surface area contributed by atoms with Gasteiger partial charge in [0.05, 0.1) is 5.51 Å². The van der Waals surface area contributed by atoms with Gasteiger partial charge in [0.1, 0.15) is 12.3 Å². The Balaban J connectivity index is 1.79. The SMILES string of the molecule is COCC(=O)NC1CCN(C(=O)c2cscn2)CC1. The second kappa shape index (κ2) is 6.63. The highest BCUT2D eigenvalue weighted by Crippen LogP contribution is 2.14. The number of carbonyl (C=O) groups excluding carboxylic acids is 2. The molecule has 1 aliphatic heterocycles. The summed E-state index contributed by atoms with van der Waals surface area (Å²) in [5.74, 6) is -0.130. The van der Waals surface area contributed by atoms with Crippen LogP contribution in [0.15, 0.2) is 10.9 Å². The predicted octanol–water partition coefficient (Wildman–Crippen LogP) is 0.510. The molecule has 0 radical (unpaired) electrons. The molecule has 104 valence electrons. The second-order valence-corrected chi connectivity index (χ2v) is 5.16. The number of hydrogen-bond acceptors (Lipinski definition) is 5. The third-order valence-electron chi connectivity index (χ3n) is 3.07. The van der Waals surface area contributed by atoms with E-state index in [4.69, 9.17) is 4.74 Å². The molecule has 2 heterocycles. The van der Waals surface area contributed by atoms with Gasteiger partial charge in [-0.05, 0) is 12.8 Å². The lowest BCUT2D eigenvalue weighted by molar-refractivity contribution is -0.125. The number of aromatic nitrogens is 1. The van der Waals surface area contributed by atoms with Crippen molar-refractivity contribution < 1.29 is 14.3 Å². The zero-order chi connectivity index (χ0) is 13.7. The van der Waals surface area contributed by atoms with Gasteiger partial charge in [-0.3, -0.25) is 9.59 Å². The van der Waals surface area contributed by atoms with Crippen LogP contribution in [0.4, 0.5) is 0 Å². The zero-order valence-corrected chi connectivity index (χ0v) is 11.6. The third-order valence-corrected chi connectivity index (χ3v) is 3.66. The summed E-state index contributed by atoms with van der Waals surface area (Å²) in [6, 6.07) is 0.127. The zero-order valence-electron chi connectivity index (χ0n) is 10.8. The lowest BCUT2D eigenvalue weighted by Gasteiger charge is -2.32. The number of nitrogens with zero attached hydrogens (tertiary/aromatic N) is 2. The molecule has 1 fully saturated rings. The fourth-order valence-electron chi connectivity index (χ4n) is 2.11. The average molecular weight is 283 g/mol. The van der Waals surface area contributed by atoms with Crippen LogP contribution in [-0.2, 0) is 9.53 Å². The summed E-state index contributed by atoms with van der Waals surface area (Å²) in [7, 11) is 1.49. The number of hydrogen-bond donors (Lipinski definition) is 1. The predicted molar refractivity (Wildman–Crippen MR) is 71.1 cm³/mol. The van der Waals surface area contributed by atoms with Crippen molar-refractivity contribution in [1.82, 2.24) is 15.2 Å². The molecule has 6 nitrogen and oxygen atoms in total. The van der Waals surface area contributed by atoms with Gasteiger partial charge in [-0.2, -0.15) is 0 Å². The molecule has 1 aliphatic rings. The summed E-state index contributed by atoms with van der Waals surface area (Å²) in [5, 5.41) is 4.66. The molecule has 2 amide bonds. The number of methoxy groups -OCH3 is 1. The van der Waals surface area contributed by atoms with Gasteiger partial charge in [0.15, 0.2) is 0 Å². The van der Waals surface area contributed by atoms with Gasteiger partial charge >= 0.3 is 0 Å². The van der Waals surface area contributed by atoms with Gasteiger partial charge in [0.25, 0.3) is 5.91 Å². The highest BCUT2D eigenvalue weighted by Gasteiger charge is 2.25. The minimum absolute atomic E-state index is 0.0251. The Morgan fingerprint density at radius 2 is 2.26 bits per heavy atom. The first kappa shape index (κ1) is 14.0. The molecule has 19 heavy (non-hydrogen) atoms. The molecule has 0 saturated carbocycles. The summed E-state index contributed by atoms with van der Waals surface area (Å²) in [5.41, 5.74) is 2.16. The van der Waals surface area contributed by atoms with E-state index in [1.165, 1.54) is 18.4 Å². The molecule has 0 bridgehead atoms. The number of ether oxygens (including phenoxy) is 1. The van der Waals surface area contributed by atoms with Crippen molar-refractivity contribution in [1.29, 1.82) is 0 Å². The molecule has 0 unspecified atom stereocenters. The number of piperidine rings is 1. The van der Waals surface area contributed by atoms with Crippen LogP contribution in [0, 0.1) is 0 Å². The van der Waals surface area contributed by atoms with E-state index in [2.05, 4.69) is 10.3 Å². The summed E-state index contributed by atoms with van der Waals surface area (Å²) < 4.78 is 4.77. The highest BCUT2D eigenvalue weighted by atomic mass is 32.1. The van der Waals surface area contributed by atoms with Crippen molar-refractivity contribution in [3.63, 3.8) is 0 Å². The molecular formula is C12H17N3O3S. The molecule has 7 heteroatoms. The smallest absolute Gasteiger partial charge is 0.273 e. The summed E-state index contributed by atoms with van der Waals surface area (Å²) in [6.07, 6.45) is 1.54. The van der Waals surface area contributed by atoms with E-state index in [9.17, 15) is 9.59 Å². The minimum Gasteiger partial charge on any atom is -0.375 e. The first-order valence-corrected chi connectivity index (χ1v) is 7.10. The maximum absolute atomic E-state index is 12.1. The van der Waals surface area contributed by atoms with Crippen LogP contribution >= 0.6 is 11.3 Å². The molecule has 2 rings (SSSR count). The molecule has 1 N–H and O–H groups in total. The van der Waals surface area contributed by atoms with Crippen molar-refractivity contribution >= 4 is 23.2 Å². The summed E-state index contributed by atoms with van der Waals surface area (Å²) in [4.78, 5) is 29.3. The van der Waals surface area contributed by atoms with Crippen LogP contribution in [0.1, 0.15) is 23.3 Å². The molecule has 0 aliphatic carbocycles. The quantitative estimate of drug-likeness (QED) is 0.874. The van der Waals surface area contributed by atoms with E-state index in [1.807, 2.05) is 0 Å². The monoisotopic (exact) mass is 283 g/mol. The van der Waals surface area contributed by atoms with Crippen LogP contribution < -0.4 is 5.32 Å². The van der Waals surface area contributed by atoms with Crippen molar-refractivity contribution in [2.45, 2.75) is 18.9 Å². The van der Waals surface area contributed by atoms with Gasteiger partial charge in [-0.25, -0.2) is 4.98 Å². The van der Waals surface area contributed by atoms with Crippen LogP contribution in [0.25, 0.3) is 0 Å². The molecule has 0 spiro atoms. The first-order chi connectivity index (χ1) is 9.20. The van der Waals surface area contributed by atoms with Gasteiger partial charge < -0.3 is 15.0 Å². The Hall–Kier alpha value is -1.47. The van der Waals surface area contributed by atoms with E-state index in [1.54, 1.807) is 15.8 Å². The van der Waals surface area contributed by atoms with Crippen molar-refractivity contribution in [2.75, 3.05) is 26.8 Å². The second-order valence-electron chi connectivity index (χ2n) is 4.44. The van der Waals surface area contributed by atoms with Gasteiger partial charge in [0, 0.05) is 31.6 Å². The highest BCUT2D eigenvalue weighted by molar-refractivity contribution is 7.07. The average Bonchev–Trinajstić information content (AvgIpc) is 2.93. The fourth-order valence-corrected chi connectivity index (χ4v) is 2.63. The molecule has 1 aromatic heterocycles. The molecule has 1 saturated heterocycles. The topological polar surface area (TPSA) is 71.5 Å². The lowest BCUT2D eigenvalue weighted by atomic mass is 10.0. The Morgan fingerprint density at radius 3 is 2.84 bits per heavy atom. The number of amides is 2. The number of carbonyl (C=O) groups is 2. The Morgan fingerprint density at radius 1 is 1.53 bits per heavy atom. The summed E-state index contributed by atoms with van der Waals surface area (Å²) in [6.45, 7) is 1.38. The third kappa shape index (κ3) is 3.74. The number of nitrogens with one attached hydrogen (secondary N) is 1. The van der Waals surface area contributed by atoms with Gasteiger partial charge in [-0.15, -0.1) is 11.3 Å². The van der Waals surface area contributed by atoms with Crippen molar-refractivity contribution in [3.8, 4) is 0 Å². The van der Waals surface area contributed by atoms with Crippen LogP contribution in [0.3, 0.4) is 0 Å². The Labute approximate surface area is 115 Å². The van der Waals surface area contributed by atoms with Crippen LogP contribution in [0.5, 0.6) is 0 Å². The number of likely N-dealkylation sites (tertiary alicyclic amines) is 1. The first-order valence-electron chi connectivity index (χ1n) is 6.16. The largest absolute Gasteiger partial charge is 0.375 e. The molecular weight excluding hydrogens is 266 g/mol. The molecule has 0 aromatic carbocycles. The van der Waals surface area contributed by atoms with E-state index in [0.717, 1.165) is 12.8 Å². The molecule has 1 aromatic rings. The van der Waals surface area contributed by atoms with Gasteiger partial charge in [-0.1, -0.05) is 0 Å². The van der Waals surface area contributed by atoms with Gasteiger partial charge in [0.2, 0.25) is 5.91 Å². The number of thiazole rings is 1. The fraction of sp³-hybridized carbons (Fsp3) is 0.583. The van der Waals surface area contributed by atoms with Crippen LogP contribution in [-0.4, -0.2) is 54.5 Å². The lowest BCUT2D eigenvalue weighted by Crippen LogP contribution is -2.47. The standard InChI is InChI=1S/C12H17N3O3S/c1-18-6-11(16)14-9-2-4-15(5-3-9)12(17)10-7-19-8-13-10/h7-9H,2-6H2,1H3,(H,14,16). The van der Waals surface area contributed by atoms with Crippen LogP contribution in [0.2, 0.25) is 0 Å². The Bertz CT molecular complexity index is 427. The van der Waals surface area contributed by atoms with Crippen molar-refractivity contribution in [2.24, 2.45) is 0 Å².